The van der Waals surface area contributed by atoms with E-state index in [4.69, 9.17) is 5.14 Å². The molecular formula is C10H13F3N2O2S. The van der Waals surface area contributed by atoms with Crippen molar-refractivity contribution in [3.8, 4) is 0 Å². The van der Waals surface area contributed by atoms with E-state index >= 15 is 0 Å². The Morgan fingerprint density at radius 3 is 2.17 bits per heavy atom. The Morgan fingerprint density at radius 1 is 1.28 bits per heavy atom. The van der Waals surface area contributed by atoms with Crippen LogP contribution in [0.1, 0.15) is 18.5 Å². The summed E-state index contributed by atoms with van der Waals surface area (Å²) < 4.78 is 58.0. The van der Waals surface area contributed by atoms with Gasteiger partial charge in [0.15, 0.2) is 0 Å². The van der Waals surface area contributed by atoms with Gasteiger partial charge in [0.05, 0.1) is 11.4 Å². The summed E-state index contributed by atoms with van der Waals surface area (Å²) in [4.78, 5) is -0.0747. The number of sulfonamides is 1. The van der Waals surface area contributed by atoms with E-state index < -0.39 is 28.8 Å². The van der Waals surface area contributed by atoms with E-state index in [1.54, 1.807) is 6.92 Å². The molecule has 1 atom stereocenters. The monoisotopic (exact) mass is 282 g/mol. The molecule has 0 aliphatic carbocycles. The Hall–Kier alpha value is -1.12. The number of primary sulfonamides is 1. The van der Waals surface area contributed by atoms with E-state index in [0.717, 1.165) is 0 Å². The lowest BCUT2D eigenvalue weighted by molar-refractivity contribution is -0.126. The summed E-state index contributed by atoms with van der Waals surface area (Å²) in [5.74, 6) is 0. The highest BCUT2D eigenvalue weighted by molar-refractivity contribution is 7.89. The SMILES string of the molecule is CC(NCC(F)(F)F)c1ccc(S(N)(=O)=O)cc1. The van der Waals surface area contributed by atoms with Gasteiger partial charge in [0.2, 0.25) is 10.0 Å². The number of hydrogen-bond acceptors (Lipinski definition) is 3. The van der Waals surface area contributed by atoms with Gasteiger partial charge >= 0.3 is 6.18 Å². The first-order valence-electron chi connectivity index (χ1n) is 5.02. The van der Waals surface area contributed by atoms with Crippen LogP contribution in [0, 0.1) is 0 Å². The predicted octanol–water partition coefficient (Wildman–Crippen LogP) is 1.55. The molecule has 0 saturated heterocycles. The molecule has 0 fully saturated rings. The van der Waals surface area contributed by atoms with Crippen LogP contribution in [-0.2, 0) is 10.0 Å². The maximum atomic E-state index is 12.0. The number of halogens is 3. The van der Waals surface area contributed by atoms with Gasteiger partial charge in [-0.05, 0) is 24.6 Å². The zero-order valence-corrected chi connectivity index (χ0v) is 10.3. The smallest absolute Gasteiger partial charge is 0.302 e. The lowest BCUT2D eigenvalue weighted by Gasteiger charge is -2.16. The number of alkyl halides is 3. The molecule has 0 aliphatic rings. The van der Waals surface area contributed by atoms with Gasteiger partial charge in [-0.15, -0.1) is 0 Å². The number of nitrogens with one attached hydrogen (secondary N) is 1. The van der Waals surface area contributed by atoms with Crippen molar-refractivity contribution < 1.29 is 21.6 Å². The summed E-state index contributed by atoms with van der Waals surface area (Å²) in [7, 11) is -3.78. The third-order valence-corrected chi connectivity index (χ3v) is 3.25. The molecule has 1 aromatic carbocycles. The molecule has 102 valence electrons. The van der Waals surface area contributed by atoms with Crippen molar-refractivity contribution in [3.63, 3.8) is 0 Å². The highest BCUT2D eigenvalue weighted by atomic mass is 32.2. The highest BCUT2D eigenvalue weighted by Gasteiger charge is 2.27. The summed E-state index contributed by atoms with van der Waals surface area (Å²) in [5, 5.41) is 7.20. The Morgan fingerprint density at radius 2 is 1.78 bits per heavy atom. The molecule has 0 spiro atoms. The summed E-state index contributed by atoms with van der Waals surface area (Å²) >= 11 is 0. The molecule has 1 unspecified atom stereocenters. The van der Waals surface area contributed by atoms with Crippen LogP contribution in [-0.4, -0.2) is 21.1 Å². The fourth-order valence-corrected chi connectivity index (χ4v) is 1.85. The molecule has 1 aromatic rings. The first kappa shape index (κ1) is 14.9. The van der Waals surface area contributed by atoms with Crippen molar-refractivity contribution in [2.45, 2.75) is 24.0 Å². The largest absolute Gasteiger partial charge is 0.401 e. The Labute approximate surface area is 103 Å². The predicted molar refractivity (Wildman–Crippen MR) is 60.3 cm³/mol. The molecule has 18 heavy (non-hydrogen) atoms. The Bertz CT molecular complexity index is 497. The molecule has 0 bridgehead atoms. The second-order valence-corrected chi connectivity index (χ2v) is 5.39. The van der Waals surface area contributed by atoms with Crippen LogP contribution >= 0.6 is 0 Å². The van der Waals surface area contributed by atoms with Crippen molar-refractivity contribution in [2.75, 3.05) is 6.54 Å². The van der Waals surface area contributed by atoms with Crippen molar-refractivity contribution in [2.24, 2.45) is 5.14 Å². The number of nitrogens with two attached hydrogens (primary N) is 1. The van der Waals surface area contributed by atoms with Crippen LogP contribution in [0.4, 0.5) is 13.2 Å². The average molecular weight is 282 g/mol. The van der Waals surface area contributed by atoms with E-state index in [9.17, 15) is 21.6 Å². The lowest BCUT2D eigenvalue weighted by atomic mass is 10.1. The van der Waals surface area contributed by atoms with E-state index in [2.05, 4.69) is 5.32 Å². The summed E-state index contributed by atoms with van der Waals surface area (Å²) in [6.45, 7) is 0.447. The molecule has 0 aromatic heterocycles. The maximum Gasteiger partial charge on any atom is 0.401 e. The molecule has 8 heteroatoms. The zero-order chi connectivity index (χ0) is 14.0. The van der Waals surface area contributed by atoms with Gasteiger partial charge in [0.1, 0.15) is 0 Å². The van der Waals surface area contributed by atoms with Crippen LogP contribution in [0.2, 0.25) is 0 Å². The molecule has 0 amide bonds. The Balaban J connectivity index is 2.74. The third kappa shape index (κ3) is 4.63. The van der Waals surface area contributed by atoms with Crippen molar-refractivity contribution >= 4 is 10.0 Å². The van der Waals surface area contributed by atoms with Gasteiger partial charge in [-0.2, -0.15) is 13.2 Å². The fourth-order valence-electron chi connectivity index (χ4n) is 1.33. The lowest BCUT2D eigenvalue weighted by Crippen LogP contribution is -2.30. The second-order valence-electron chi connectivity index (χ2n) is 3.83. The molecule has 0 heterocycles. The average Bonchev–Trinajstić information content (AvgIpc) is 2.24. The number of hydrogen-bond donors (Lipinski definition) is 2. The minimum absolute atomic E-state index is 0.0747. The first-order chi connectivity index (χ1) is 8.09. The van der Waals surface area contributed by atoms with Gasteiger partial charge in [0, 0.05) is 6.04 Å². The van der Waals surface area contributed by atoms with Gasteiger partial charge in [-0.25, -0.2) is 13.6 Å². The summed E-state index contributed by atoms with van der Waals surface area (Å²) in [5.41, 5.74) is 0.548. The van der Waals surface area contributed by atoms with E-state index in [-0.39, 0.29) is 4.90 Å². The van der Waals surface area contributed by atoms with E-state index in [1.807, 2.05) is 0 Å². The van der Waals surface area contributed by atoms with Gasteiger partial charge in [-0.1, -0.05) is 12.1 Å². The van der Waals surface area contributed by atoms with Crippen LogP contribution in [0.3, 0.4) is 0 Å². The Kier molecular flexibility index (Phi) is 4.36. The quantitative estimate of drug-likeness (QED) is 0.880. The zero-order valence-electron chi connectivity index (χ0n) is 9.53. The van der Waals surface area contributed by atoms with Crippen molar-refractivity contribution in [1.82, 2.24) is 5.32 Å². The van der Waals surface area contributed by atoms with Gasteiger partial charge in [-0.3, -0.25) is 0 Å². The summed E-state index contributed by atoms with van der Waals surface area (Å²) in [6, 6.07) is 4.83. The van der Waals surface area contributed by atoms with E-state index in [1.165, 1.54) is 24.3 Å². The molecule has 3 N–H and O–H groups in total. The molecule has 0 aliphatic heterocycles. The fraction of sp³-hybridized carbons (Fsp3) is 0.400. The maximum absolute atomic E-state index is 12.0. The summed E-state index contributed by atoms with van der Waals surface area (Å²) in [6.07, 6.45) is -4.28. The van der Waals surface area contributed by atoms with Crippen LogP contribution in [0.5, 0.6) is 0 Å². The third-order valence-electron chi connectivity index (χ3n) is 2.32. The standard InChI is InChI=1S/C10H13F3N2O2S/c1-7(15-6-10(11,12)13)8-2-4-9(5-3-8)18(14,16)17/h2-5,7,15H,6H2,1H3,(H2,14,16,17). The molecular weight excluding hydrogens is 269 g/mol. The molecule has 0 saturated carbocycles. The van der Waals surface area contributed by atoms with Gasteiger partial charge < -0.3 is 5.32 Å². The molecule has 4 nitrogen and oxygen atoms in total. The number of benzene rings is 1. The van der Waals surface area contributed by atoms with Crippen LogP contribution in [0.15, 0.2) is 29.2 Å². The van der Waals surface area contributed by atoms with Crippen LogP contribution in [0.25, 0.3) is 0 Å². The minimum Gasteiger partial charge on any atom is -0.302 e. The highest BCUT2D eigenvalue weighted by Crippen LogP contribution is 2.18. The first-order valence-corrected chi connectivity index (χ1v) is 6.57. The number of rotatable bonds is 4. The van der Waals surface area contributed by atoms with Crippen LogP contribution < -0.4 is 10.5 Å². The second kappa shape index (κ2) is 5.25. The normalized spacial score (nSPS) is 14.5. The van der Waals surface area contributed by atoms with Crippen molar-refractivity contribution in [3.05, 3.63) is 29.8 Å². The topological polar surface area (TPSA) is 72.2 Å². The van der Waals surface area contributed by atoms with E-state index in [0.29, 0.717) is 5.56 Å². The molecule has 1 rings (SSSR count). The minimum atomic E-state index is -4.28. The molecule has 0 radical (unpaired) electrons. The van der Waals surface area contributed by atoms with Gasteiger partial charge in [0.25, 0.3) is 0 Å². The van der Waals surface area contributed by atoms with Crippen molar-refractivity contribution in [1.29, 1.82) is 0 Å².